The van der Waals surface area contributed by atoms with Crippen molar-refractivity contribution in [3.05, 3.63) is 64.1 Å². The van der Waals surface area contributed by atoms with Gasteiger partial charge in [-0.3, -0.25) is 9.89 Å². The molecule has 0 unspecified atom stereocenters. The minimum Gasteiger partial charge on any atom is -0.495 e. The van der Waals surface area contributed by atoms with Gasteiger partial charge in [0, 0.05) is 53.4 Å². The van der Waals surface area contributed by atoms with Crippen LogP contribution >= 0.6 is 23.2 Å². The van der Waals surface area contributed by atoms with Gasteiger partial charge in [-0.2, -0.15) is 5.10 Å². The number of methoxy groups -OCH3 is 2. The van der Waals surface area contributed by atoms with Gasteiger partial charge in [0.05, 0.1) is 29.8 Å². The number of piperazine rings is 1. The summed E-state index contributed by atoms with van der Waals surface area (Å²) in [6.45, 7) is 7.13. The number of carbonyl (C=O) groups excluding carboxylic acids is 1. The van der Waals surface area contributed by atoms with Crippen LogP contribution in [-0.4, -0.2) is 55.5 Å². The quantitative estimate of drug-likeness (QED) is 0.271. The summed E-state index contributed by atoms with van der Waals surface area (Å²) in [6.07, 6.45) is 0. The van der Waals surface area contributed by atoms with Crippen molar-refractivity contribution >= 4 is 51.5 Å². The lowest BCUT2D eigenvalue weighted by Gasteiger charge is -2.40. The molecule has 3 aromatic carbocycles. The number of ether oxygens (including phenoxy) is 2. The molecule has 3 N–H and O–H groups in total. The zero-order valence-electron chi connectivity index (χ0n) is 21.6. The predicted molar refractivity (Wildman–Crippen MR) is 153 cm³/mol. The van der Waals surface area contributed by atoms with Crippen LogP contribution in [0.5, 0.6) is 11.5 Å². The first-order valence-electron chi connectivity index (χ1n) is 12.2. The van der Waals surface area contributed by atoms with Gasteiger partial charge in [-0.15, -0.1) is 0 Å². The summed E-state index contributed by atoms with van der Waals surface area (Å²) in [5, 5.41) is 15.2. The molecule has 198 valence electrons. The molecule has 0 atom stereocenters. The number of benzene rings is 3. The molecule has 10 heteroatoms. The summed E-state index contributed by atoms with van der Waals surface area (Å²) in [5.74, 6) is 1.10. The third kappa shape index (κ3) is 4.99. The fraction of sp³-hybridized carbons (Fsp3) is 0.286. The third-order valence-electron chi connectivity index (χ3n) is 6.72. The predicted octanol–water partition coefficient (Wildman–Crippen LogP) is 5.99. The fourth-order valence-electron chi connectivity index (χ4n) is 4.77. The molecule has 1 aliphatic rings. The highest BCUT2D eigenvalue weighted by atomic mass is 35.5. The average Bonchev–Trinajstić information content (AvgIpc) is 3.30. The van der Waals surface area contributed by atoms with Crippen molar-refractivity contribution in [1.82, 2.24) is 15.5 Å². The number of H-pyrrole nitrogens is 1. The van der Waals surface area contributed by atoms with E-state index in [2.05, 4.69) is 39.6 Å². The van der Waals surface area contributed by atoms with Crippen molar-refractivity contribution in [2.45, 2.75) is 19.4 Å². The van der Waals surface area contributed by atoms with E-state index < -0.39 is 0 Å². The summed E-state index contributed by atoms with van der Waals surface area (Å²) in [4.78, 5) is 15.3. The number of aromatic nitrogens is 2. The number of halogens is 2. The summed E-state index contributed by atoms with van der Waals surface area (Å²) < 4.78 is 10.8. The van der Waals surface area contributed by atoms with Gasteiger partial charge < -0.3 is 25.0 Å². The highest BCUT2D eigenvalue weighted by molar-refractivity contribution is 6.41. The number of aromatic amines is 1. The Hall–Kier alpha value is -3.46. The second-order valence-electron chi connectivity index (χ2n) is 9.85. The molecule has 0 radical (unpaired) electrons. The van der Waals surface area contributed by atoms with E-state index in [0.717, 1.165) is 36.3 Å². The number of anilines is 2. The monoisotopic (exact) mass is 553 g/mol. The van der Waals surface area contributed by atoms with Gasteiger partial charge in [-0.05, 0) is 55.8 Å². The first kappa shape index (κ1) is 26.2. The van der Waals surface area contributed by atoms with Crippen molar-refractivity contribution in [3.63, 3.8) is 0 Å². The third-order valence-corrected chi connectivity index (χ3v) is 7.47. The number of amides is 1. The zero-order valence-corrected chi connectivity index (χ0v) is 23.1. The Labute approximate surface area is 231 Å². The number of fused-ring (bicyclic) bond motifs is 1. The Morgan fingerprint density at radius 2 is 1.71 bits per heavy atom. The molecule has 1 amide bonds. The average molecular weight is 554 g/mol. The molecule has 0 aliphatic carbocycles. The molecule has 1 saturated heterocycles. The van der Waals surface area contributed by atoms with E-state index in [-0.39, 0.29) is 11.4 Å². The molecule has 2 heterocycles. The second kappa shape index (κ2) is 10.4. The first-order chi connectivity index (χ1) is 18.2. The van der Waals surface area contributed by atoms with Crippen LogP contribution in [0.1, 0.15) is 24.2 Å². The van der Waals surface area contributed by atoms with Gasteiger partial charge in [-0.25, -0.2) is 0 Å². The lowest BCUT2D eigenvalue weighted by molar-refractivity contribution is 0.102. The molecule has 1 aromatic heterocycles. The lowest BCUT2D eigenvalue weighted by Crippen LogP contribution is -2.57. The SMILES string of the molecule is COc1cc(OC)c(Cl)c(-c2ccc3c(NC(=O)c4ccc(N5CCNC(C)(C)C5)cc4)n[nH]c3c2)c1Cl. The minimum atomic E-state index is -0.238. The lowest BCUT2D eigenvalue weighted by atomic mass is 10.0. The van der Waals surface area contributed by atoms with E-state index in [0.29, 0.717) is 44.0 Å². The summed E-state index contributed by atoms with van der Waals surface area (Å²) >= 11 is 13.2. The Morgan fingerprint density at radius 1 is 1.03 bits per heavy atom. The number of nitrogens with one attached hydrogen (secondary N) is 3. The van der Waals surface area contributed by atoms with Crippen molar-refractivity contribution in [2.75, 3.05) is 44.1 Å². The number of nitrogens with zero attached hydrogens (tertiary/aromatic N) is 2. The summed E-state index contributed by atoms with van der Waals surface area (Å²) in [5.41, 5.74) is 3.74. The number of rotatable bonds is 6. The topological polar surface area (TPSA) is 91.5 Å². The van der Waals surface area contributed by atoms with Gasteiger partial charge in [-0.1, -0.05) is 29.3 Å². The van der Waals surface area contributed by atoms with Crippen LogP contribution in [-0.2, 0) is 0 Å². The van der Waals surface area contributed by atoms with Crippen LogP contribution in [0.25, 0.3) is 22.0 Å². The van der Waals surface area contributed by atoms with Crippen LogP contribution in [0.2, 0.25) is 10.0 Å². The van der Waals surface area contributed by atoms with Crippen LogP contribution in [0.4, 0.5) is 11.5 Å². The van der Waals surface area contributed by atoms with E-state index >= 15 is 0 Å². The molecule has 8 nitrogen and oxygen atoms in total. The minimum absolute atomic E-state index is 0.0461. The molecule has 1 fully saturated rings. The van der Waals surface area contributed by atoms with Crippen molar-refractivity contribution < 1.29 is 14.3 Å². The Morgan fingerprint density at radius 3 is 2.34 bits per heavy atom. The van der Waals surface area contributed by atoms with E-state index in [9.17, 15) is 4.79 Å². The van der Waals surface area contributed by atoms with E-state index in [4.69, 9.17) is 32.7 Å². The van der Waals surface area contributed by atoms with Gasteiger partial charge >= 0.3 is 0 Å². The van der Waals surface area contributed by atoms with Crippen molar-refractivity contribution in [3.8, 4) is 22.6 Å². The Bertz CT molecular complexity index is 1470. The fourth-order valence-corrected chi connectivity index (χ4v) is 5.49. The van der Waals surface area contributed by atoms with Crippen molar-refractivity contribution in [2.24, 2.45) is 0 Å². The first-order valence-corrected chi connectivity index (χ1v) is 13.0. The van der Waals surface area contributed by atoms with Gasteiger partial charge in [0.1, 0.15) is 11.5 Å². The maximum atomic E-state index is 13.0. The molecular formula is C28H29Cl2N5O3. The van der Waals surface area contributed by atoms with E-state index in [1.54, 1.807) is 6.07 Å². The Balaban J connectivity index is 1.37. The molecule has 4 aromatic rings. The Kier molecular flexibility index (Phi) is 7.13. The number of carbonyl (C=O) groups is 1. The molecular weight excluding hydrogens is 525 g/mol. The zero-order chi connectivity index (χ0) is 27.0. The number of hydrogen-bond acceptors (Lipinski definition) is 6. The van der Waals surface area contributed by atoms with Crippen LogP contribution in [0, 0.1) is 0 Å². The van der Waals surface area contributed by atoms with Crippen LogP contribution < -0.4 is 25.0 Å². The van der Waals surface area contributed by atoms with Crippen molar-refractivity contribution in [1.29, 1.82) is 0 Å². The molecule has 0 spiro atoms. The highest BCUT2D eigenvalue weighted by Crippen LogP contribution is 2.46. The highest BCUT2D eigenvalue weighted by Gasteiger charge is 2.26. The molecule has 38 heavy (non-hydrogen) atoms. The van der Waals surface area contributed by atoms with E-state index in [1.807, 2.05) is 42.5 Å². The summed E-state index contributed by atoms with van der Waals surface area (Å²) in [7, 11) is 3.07. The van der Waals surface area contributed by atoms with Crippen LogP contribution in [0.3, 0.4) is 0 Å². The van der Waals surface area contributed by atoms with Gasteiger partial charge in [0.15, 0.2) is 5.82 Å². The second-order valence-corrected chi connectivity index (χ2v) is 10.6. The molecule has 0 saturated carbocycles. The largest absolute Gasteiger partial charge is 0.495 e. The maximum absolute atomic E-state index is 13.0. The molecule has 0 bridgehead atoms. The number of hydrogen-bond donors (Lipinski definition) is 3. The molecule has 1 aliphatic heterocycles. The normalized spacial score (nSPS) is 14.9. The molecule has 5 rings (SSSR count). The van der Waals surface area contributed by atoms with Gasteiger partial charge in [0.2, 0.25) is 0 Å². The maximum Gasteiger partial charge on any atom is 0.256 e. The standard InChI is InChI=1S/C28H29Cl2N5O3/c1-28(2)15-35(12-11-31-28)18-8-5-16(6-9-18)27(36)32-26-19-10-7-17(13-20(19)33-34-26)23-24(29)21(37-3)14-22(38-4)25(23)30/h5-10,13-14,31H,11-12,15H2,1-4H3,(H2,32,33,34,36). The van der Waals surface area contributed by atoms with Gasteiger partial charge in [0.25, 0.3) is 5.91 Å². The summed E-state index contributed by atoms with van der Waals surface area (Å²) in [6, 6.07) is 14.9. The smallest absolute Gasteiger partial charge is 0.256 e. The van der Waals surface area contributed by atoms with Crippen LogP contribution in [0.15, 0.2) is 48.5 Å². The van der Waals surface area contributed by atoms with E-state index in [1.165, 1.54) is 14.2 Å².